The van der Waals surface area contributed by atoms with Crippen LogP contribution in [0, 0.1) is 11.8 Å². The minimum Gasteiger partial charge on any atom is -0.505 e. The lowest BCUT2D eigenvalue weighted by atomic mass is 10.0. The number of hydrogen-bond acceptors (Lipinski definition) is 7. The van der Waals surface area contributed by atoms with Crippen LogP contribution in [0.3, 0.4) is 0 Å². The highest BCUT2D eigenvalue weighted by molar-refractivity contribution is 7.90. The molecule has 1 aromatic rings. The Balaban J connectivity index is 3.71. The lowest BCUT2D eigenvalue weighted by Gasteiger charge is -2.14. The summed E-state index contributed by atoms with van der Waals surface area (Å²) >= 11 is 0. The van der Waals surface area contributed by atoms with Gasteiger partial charge >= 0.3 is 0 Å². The number of allylic oxidation sites excluding steroid dienone is 1. The fourth-order valence-electron chi connectivity index (χ4n) is 1.87. The van der Waals surface area contributed by atoms with Gasteiger partial charge in [-0.25, -0.2) is 8.42 Å². The van der Waals surface area contributed by atoms with E-state index in [1.807, 2.05) is 0 Å². The zero-order chi connectivity index (χ0) is 16.4. The van der Waals surface area contributed by atoms with Crippen LogP contribution in [0.5, 0.6) is 5.75 Å². The third-order valence-corrected chi connectivity index (χ3v) is 4.00. The highest BCUT2D eigenvalue weighted by atomic mass is 32.2. The maximum Gasteiger partial charge on any atom is 0.192 e. The molecule has 0 spiro atoms. The summed E-state index contributed by atoms with van der Waals surface area (Å²) in [6.07, 6.45) is 1.02. The first-order chi connectivity index (χ1) is 9.65. The molecule has 0 aliphatic heterocycles. The normalized spacial score (nSPS) is 12.6. The molecule has 0 saturated carbocycles. The molecule has 0 aliphatic rings. The minimum absolute atomic E-state index is 0.0374. The van der Waals surface area contributed by atoms with Gasteiger partial charge in [0.15, 0.2) is 27.1 Å². The number of ketones is 1. The molecule has 0 bridgehead atoms. The molecule has 1 aromatic carbocycles. The Morgan fingerprint density at radius 2 is 1.90 bits per heavy atom. The van der Waals surface area contributed by atoms with Crippen molar-refractivity contribution in [3.05, 3.63) is 33.9 Å². The number of benzene rings is 1. The Kier molecular flexibility index (Phi) is 4.84. The maximum atomic E-state index is 11.7. The first-order valence-corrected chi connectivity index (χ1v) is 7.69. The van der Waals surface area contributed by atoms with Crippen LogP contribution >= 0.6 is 0 Å². The monoisotopic (exact) mass is 313 g/mol. The molecule has 0 fully saturated rings. The highest BCUT2D eigenvalue weighted by Crippen LogP contribution is 2.33. The van der Waals surface area contributed by atoms with E-state index < -0.39 is 27.1 Å². The number of aliphatic hydroxyl groups excluding tert-OH is 1. The van der Waals surface area contributed by atoms with Gasteiger partial charge in [0.1, 0.15) is 10.6 Å². The van der Waals surface area contributed by atoms with Crippen molar-refractivity contribution in [2.24, 2.45) is 5.18 Å². The SMILES string of the molecule is COc1c(S(C)(=O)=O)ccc(C(O)=C(N=O)C(C)=O)c1C. The van der Waals surface area contributed by atoms with Crippen LogP contribution in [0.2, 0.25) is 0 Å². The molecule has 1 rings (SSSR count). The second kappa shape index (κ2) is 6.04. The van der Waals surface area contributed by atoms with Gasteiger partial charge in [0.05, 0.1) is 7.11 Å². The number of ether oxygens (including phenoxy) is 1. The third-order valence-electron chi connectivity index (χ3n) is 2.88. The predicted octanol–water partition coefficient (Wildman–Crippen LogP) is 1.99. The number of methoxy groups -OCH3 is 1. The van der Waals surface area contributed by atoms with Gasteiger partial charge in [-0.05, 0) is 24.2 Å². The van der Waals surface area contributed by atoms with Crippen molar-refractivity contribution >= 4 is 21.4 Å². The van der Waals surface area contributed by atoms with Gasteiger partial charge in [0.25, 0.3) is 0 Å². The van der Waals surface area contributed by atoms with Crippen molar-refractivity contribution < 1.29 is 23.1 Å². The Morgan fingerprint density at radius 1 is 1.33 bits per heavy atom. The Hall–Kier alpha value is -2.22. The Morgan fingerprint density at radius 3 is 2.29 bits per heavy atom. The summed E-state index contributed by atoms with van der Waals surface area (Å²) in [6.45, 7) is 2.59. The second-order valence-electron chi connectivity index (χ2n) is 4.39. The molecule has 7 nitrogen and oxygen atoms in total. The molecular formula is C13H15NO6S. The lowest BCUT2D eigenvalue weighted by Crippen LogP contribution is -2.05. The molecule has 0 amide bonds. The van der Waals surface area contributed by atoms with Crippen molar-refractivity contribution in [2.75, 3.05) is 13.4 Å². The van der Waals surface area contributed by atoms with Crippen LogP contribution in [0.1, 0.15) is 18.1 Å². The second-order valence-corrected chi connectivity index (χ2v) is 6.37. The summed E-state index contributed by atoms with van der Waals surface area (Å²) in [4.78, 5) is 21.8. The quantitative estimate of drug-likeness (QED) is 0.505. The molecule has 0 unspecified atom stereocenters. The summed E-state index contributed by atoms with van der Waals surface area (Å²) < 4.78 is 28.4. The number of hydrogen-bond donors (Lipinski definition) is 1. The first kappa shape index (κ1) is 16.8. The summed E-state index contributed by atoms with van der Waals surface area (Å²) in [6, 6.07) is 2.52. The average Bonchev–Trinajstić information content (AvgIpc) is 2.37. The highest BCUT2D eigenvalue weighted by Gasteiger charge is 2.22. The van der Waals surface area contributed by atoms with E-state index in [2.05, 4.69) is 5.18 Å². The first-order valence-electron chi connectivity index (χ1n) is 5.80. The number of carbonyl (C=O) groups is 1. The van der Waals surface area contributed by atoms with E-state index in [4.69, 9.17) is 4.74 Å². The molecule has 21 heavy (non-hydrogen) atoms. The number of nitrogens with zero attached hydrogens (tertiary/aromatic N) is 1. The Labute approximate surface area is 122 Å². The van der Waals surface area contributed by atoms with Gasteiger partial charge in [0.2, 0.25) is 0 Å². The molecule has 0 saturated heterocycles. The van der Waals surface area contributed by atoms with Crippen molar-refractivity contribution in [3.63, 3.8) is 0 Å². The van der Waals surface area contributed by atoms with Gasteiger partial charge in [-0.3, -0.25) is 4.79 Å². The lowest BCUT2D eigenvalue weighted by molar-refractivity contribution is -0.113. The smallest absolute Gasteiger partial charge is 0.192 e. The maximum absolute atomic E-state index is 11.7. The van der Waals surface area contributed by atoms with E-state index in [1.54, 1.807) is 0 Å². The van der Waals surface area contributed by atoms with E-state index in [-0.39, 0.29) is 21.8 Å². The number of aliphatic hydroxyl groups is 1. The summed E-state index contributed by atoms with van der Waals surface area (Å²) in [5, 5.41) is 12.5. The van der Waals surface area contributed by atoms with E-state index in [1.165, 1.54) is 26.2 Å². The molecule has 114 valence electrons. The standard InChI is InChI=1S/C13H15NO6S/c1-7-9(12(16)11(14-17)8(2)15)5-6-10(13(7)20-3)21(4,18)19/h5-6,16H,1-4H3. The van der Waals surface area contributed by atoms with Crippen LogP contribution in [-0.2, 0) is 14.6 Å². The number of carbonyl (C=O) groups excluding carboxylic acids is 1. The van der Waals surface area contributed by atoms with Crippen LogP contribution in [0.4, 0.5) is 0 Å². The molecule has 0 aliphatic carbocycles. The summed E-state index contributed by atoms with van der Waals surface area (Å²) in [7, 11) is -2.24. The number of nitroso groups, excluding NO2 is 1. The molecular weight excluding hydrogens is 298 g/mol. The van der Waals surface area contributed by atoms with Crippen LogP contribution in [0.25, 0.3) is 5.76 Å². The summed E-state index contributed by atoms with van der Waals surface area (Å²) in [5.41, 5.74) is -0.253. The topological polar surface area (TPSA) is 110 Å². The van der Waals surface area contributed by atoms with Crippen molar-refractivity contribution in [1.29, 1.82) is 0 Å². The van der Waals surface area contributed by atoms with Crippen molar-refractivity contribution in [2.45, 2.75) is 18.7 Å². The van der Waals surface area contributed by atoms with Crippen molar-refractivity contribution in [1.82, 2.24) is 0 Å². The number of sulfone groups is 1. The summed E-state index contributed by atoms with van der Waals surface area (Å²) in [5.74, 6) is -1.28. The van der Waals surface area contributed by atoms with Crippen LogP contribution in [0.15, 0.2) is 27.9 Å². The van der Waals surface area contributed by atoms with Gasteiger partial charge in [-0.1, -0.05) is 0 Å². The zero-order valence-electron chi connectivity index (χ0n) is 12.0. The van der Waals surface area contributed by atoms with E-state index in [0.717, 1.165) is 13.2 Å². The van der Waals surface area contributed by atoms with Gasteiger partial charge < -0.3 is 9.84 Å². The number of Topliss-reactive ketones (excluding diaryl/α,β-unsaturated/α-hetero) is 1. The molecule has 0 radical (unpaired) electrons. The van der Waals surface area contributed by atoms with E-state index >= 15 is 0 Å². The number of rotatable bonds is 5. The van der Waals surface area contributed by atoms with Gasteiger partial charge in [0, 0.05) is 24.3 Å². The molecule has 1 N–H and O–H groups in total. The zero-order valence-corrected chi connectivity index (χ0v) is 12.8. The van der Waals surface area contributed by atoms with Crippen LogP contribution < -0.4 is 4.74 Å². The predicted molar refractivity (Wildman–Crippen MR) is 76.9 cm³/mol. The van der Waals surface area contributed by atoms with Gasteiger partial charge in [-0.15, -0.1) is 4.91 Å². The fourth-order valence-corrected chi connectivity index (χ4v) is 2.76. The molecule has 8 heteroatoms. The minimum atomic E-state index is -3.53. The third kappa shape index (κ3) is 3.27. The Bertz CT molecular complexity index is 733. The molecule has 0 heterocycles. The van der Waals surface area contributed by atoms with Crippen LogP contribution in [-0.4, -0.2) is 32.7 Å². The molecule has 0 aromatic heterocycles. The fraction of sp³-hybridized carbons (Fsp3) is 0.308. The van der Waals surface area contributed by atoms with Gasteiger partial charge in [-0.2, -0.15) is 0 Å². The van der Waals surface area contributed by atoms with E-state index in [9.17, 15) is 23.2 Å². The largest absolute Gasteiger partial charge is 0.505 e. The molecule has 0 atom stereocenters. The van der Waals surface area contributed by atoms with Crippen molar-refractivity contribution in [3.8, 4) is 5.75 Å². The van der Waals surface area contributed by atoms with E-state index in [0.29, 0.717) is 0 Å². The average molecular weight is 313 g/mol.